The minimum Gasteiger partial charge on any atom is -0.503 e. The summed E-state index contributed by atoms with van der Waals surface area (Å²) in [5.74, 6) is -3.17. The molecular formula is C17H17F2N5O3. The topological polar surface area (TPSA) is 123 Å². The van der Waals surface area contributed by atoms with Crippen molar-refractivity contribution in [3.05, 3.63) is 46.5 Å². The second kappa shape index (κ2) is 6.71. The maximum absolute atomic E-state index is 13.9. The molecule has 0 fully saturated rings. The van der Waals surface area contributed by atoms with Gasteiger partial charge in [0.2, 0.25) is 0 Å². The molecule has 0 atom stereocenters. The van der Waals surface area contributed by atoms with Crippen LogP contribution in [0, 0.1) is 25.5 Å². The molecule has 0 spiro atoms. The lowest BCUT2D eigenvalue weighted by Crippen LogP contribution is -2.16. The number of aromatic nitrogens is 3. The second-order valence-corrected chi connectivity index (χ2v) is 5.88. The number of aryl methyl sites for hydroxylation is 3. The Bertz CT molecular complexity index is 1010. The van der Waals surface area contributed by atoms with Crippen LogP contribution in [0.25, 0.3) is 16.9 Å². The van der Waals surface area contributed by atoms with Crippen LogP contribution < -0.4 is 5.73 Å². The Kier molecular flexibility index (Phi) is 4.56. The minimum absolute atomic E-state index is 0.00416. The number of rotatable bonds is 4. The first-order valence-electron chi connectivity index (χ1n) is 8.01. The molecule has 4 N–H and O–H groups in total. The summed E-state index contributed by atoms with van der Waals surface area (Å²) in [6.07, 6.45) is 0.401. The van der Waals surface area contributed by atoms with Gasteiger partial charge in [0.05, 0.1) is 33.9 Å². The van der Waals surface area contributed by atoms with E-state index in [1.807, 2.05) is 0 Å². The molecule has 3 rings (SSSR count). The summed E-state index contributed by atoms with van der Waals surface area (Å²) in [5.41, 5.74) is 7.89. The molecule has 2 heterocycles. The summed E-state index contributed by atoms with van der Waals surface area (Å²) >= 11 is 0. The smallest absolute Gasteiger partial charge is 0.187 e. The van der Waals surface area contributed by atoms with E-state index in [0.717, 1.165) is 12.1 Å². The number of hydrogen-bond acceptors (Lipinski definition) is 6. The monoisotopic (exact) mass is 377 g/mol. The molecule has 8 nitrogen and oxygen atoms in total. The van der Waals surface area contributed by atoms with Crippen molar-refractivity contribution in [2.24, 2.45) is 10.9 Å². The first-order chi connectivity index (χ1) is 12.8. The van der Waals surface area contributed by atoms with Crippen molar-refractivity contribution in [1.29, 1.82) is 0 Å². The summed E-state index contributed by atoms with van der Waals surface area (Å²) in [6, 6.07) is 1.87. The minimum atomic E-state index is -1.14. The van der Waals surface area contributed by atoms with Gasteiger partial charge in [-0.2, -0.15) is 5.10 Å². The van der Waals surface area contributed by atoms with Gasteiger partial charge in [0, 0.05) is 12.1 Å². The van der Waals surface area contributed by atoms with E-state index >= 15 is 0 Å². The number of hydrogen-bond donors (Lipinski definition) is 3. The van der Waals surface area contributed by atoms with E-state index in [0.29, 0.717) is 40.4 Å². The lowest BCUT2D eigenvalue weighted by molar-refractivity contribution is 0.318. The Hall–Kier alpha value is -3.43. The highest BCUT2D eigenvalue weighted by molar-refractivity contribution is 6.04. The number of halogens is 2. The average Bonchev–Trinajstić information content (AvgIpc) is 3.17. The number of nitrogens with zero attached hydrogens (tertiary/aromatic N) is 4. The van der Waals surface area contributed by atoms with Gasteiger partial charge >= 0.3 is 0 Å². The van der Waals surface area contributed by atoms with E-state index in [-0.39, 0.29) is 11.5 Å². The zero-order chi connectivity index (χ0) is 19.9. The van der Waals surface area contributed by atoms with Crippen molar-refractivity contribution in [2.45, 2.75) is 27.2 Å². The van der Waals surface area contributed by atoms with Gasteiger partial charge in [-0.3, -0.25) is 0 Å². The first-order valence-corrected chi connectivity index (χ1v) is 8.01. The molecule has 3 aromatic rings. The number of amidine groups is 1. The SMILES string of the molecule is CCc1nn(-c2cc(F)c(O)c(F)c2)c(-c2c(C)noc2C)c1C(N)=NO. The van der Waals surface area contributed by atoms with Crippen molar-refractivity contribution in [3.63, 3.8) is 0 Å². The lowest BCUT2D eigenvalue weighted by atomic mass is 10.0. The number of phenolic OH excluding ortho intramolecular Hbond substituents is 1. The van der Waals surface area contributed by atoms with E-state index in [4.69, 9.17) is 10.3 Å². The molecule has 142 valence electrons. The molecule has 0 amide bonds. The van der Waals surface area contributed by atoms with E-state index in [1.165, 1.54) is 4.68 Å². The maximum atomic E-state index is 13.9. The van der Waals surface area contributed by atoms with Crippen molar-refractivity contribution >= 4 is 5.84 Å². The van der Waals surface area contributed by atoms with Crippen LogP contribution in [-0.2, 0) is 6.42 Å². The van der Waals surface area contributed by atoms with Gasteiger partial charge < -0.3 is 20.6 Å². The molecule has 0 unspecified atom stereocenters. The van der Waals surface area contributed by atoms with E-state index in [2.05, 4.69) is 15.4 Å². The normalized spacial score (nSPS) is 12.0. The van der Waals surface area contributed by atoms with Crippen LogP contribution in [0.4, 0.5) is 8.78 Å². The van der Waals surface area contributed by atoms with Gasteiger partial charge in [-0.15, -0.1) is 0 Å². The molecule has 0 aliphatic heterocycles. The van der Waals surface area contributed by atoms with E-state index in [9.17, 15) is 19.1 Å². The average molecular weight is 377 g/mol. The molecule has 0 bridgehead atoms. The predicted octanol–water partition coefficient (Wildman–Crippen LogP) is 2.78. The third kappa shape index (κ3) is 2.88. The molecule has 0 aliphatic rings. The van der Waals surface area contributed by atoms with Gasteiger partial charge in [-0.1, -0.05) is 17.2 Å². The number of oxime groups is 1. The summed E-state index contributed by atoms with van der Waals surface area (Å²) in [5, 5.41) is 29.9. The third-order valence-electron chi connectivity index (χ3n) is 4.17. The molecule has 10 heteroatoms. The largest absolute Gasteiger partial charge is 0.503 e. The second-order valence-electron chi connectivity index (χ2n) is 5.88. The van der Waals surface area contributed by atoms with Crippen molar-refractivity contribution < 1.29 is 23.6 Å². The number of phenols is 1. The Morgan fingerprint density at radius 1 is 1.30 bits per heavy atom. The number of benzene rings is 1. The highest BCUT2D eigenvalue weighted by Crippen LogP contribution is 2.35. The van der Waals surface area contributed by atoms with Crippen LogP contribution in [0.5, 0.6) is 5.75 Å². The highest BCUT2D eigenvalue weighted by atomic mass is 19.1. The first kappa shape index (κ1) is 18.4. The molecule has 2 aromatic heterocycles. The van der Waals surface area contributed by atoms with Crippen molar-refractivity contribution in [2.75, 3.05) is 0 Å². The molecular weight excluding hydrogens is 360 g/mol. The summed E-state index contributed by atoms with van der Waals surface area (Å²) < 4.78 is 34.3. The lowest BCUT2D eigenvalue weighted by Gasteiger charge is -2.10. The van der Waals surface area contributed by atoms with Crippen LogP contribution >= 0.6 is 0 Å². The maximum Gasteiger partial charge on any atom is 0.187 e. The zero-order valence-corrected chi connectivity index (χ0v) is 14.8. The van der Waals surface area contributed by atoms with E-state index < -0.39 is 17.4 Å². The fourth-order valence-electron chi connectivity index (χ4n) is 2.94. The van der Waals surface area contributed by atoms with Crippen LogP contribution in [0.1, 0.15) is 29.6 Å². The molecule has 0 aliphatic carbocycles. The van der Waals surface area contributed by atoms with Crippen LogP contribution in [0.2, 0.25) is 0 Å². The number of nitrogens with two attached hydrogens (primary N) is 1. The van der Waals surface area contributed by atoms with Crippen LogP contribution in [-0.4, -0.2) is 31.1 Å². The number of aromatic hydroxyl groups is 1. The molecule has 27 heavy (non-hydrogen) atoms. The van der Waals surface area contributed by atoms with Gasteiger partial charge in [0.15, 0.2) is 23.2 Å². The Morgan fingerprint density at radius 3 is 2.41 bits per heavy atom. The summed E-state index contributed by atoms with van der Waals surface area (Å²) in [4.78, 5) is 0. The summed E-state index contributed by atoms with van der Waals surface area (Å²) in [6.45, 7) is 5.14. The van der Waals surface area contributed by atoms with E-state index in [1.54, 1.807) is 20.8 Å². The fourth-order valence-corrected chi connectivity index (χ4v) is 2.94. The molecule has 0 saturated carbocycles. The Morgan fingerprint density at radius 2 is 1.93 bits per heavy atom. The fraction of sp³-hybridized carbons (Fsp3) is 0.235. The van der Waals surface area contributed by atoms with Gasteiger partial charge in [-0.05, 0) is 20.3 Å². The Labute approximate surface area is 152 Å². The van der Waals surface area contributed by atoms with Crippen molar-refractivity contribution in [1.82, 2.24) is 14.9 Å². The summed E-state index contributed by atoms with van der Waals surface area (Å²) in [7, 11) is 0. The van der Waals surface area contributed by atoms with Gasteiger partial charge in [0.25, 0.3) is 0 Å². The predicted molar refractivity (Wildman–Crippen MR) is 92.0 cm³/mol. The highest BCUT2D eigenvalue weighted by Gasteiger charge is 2.28. The third-order valence-corrected chi connectivity index (χ3v) is 4.17. The molecule has 0 radical (unpaired) electrons. The quantitative estimate of drug-likeness (QED) is 0.278. The van der Waals surface area contributed by atoms with Crippen LogP contribution in [0.15, 0.2) is 21.8 Å². The zero-order valence-electron chi connectivity index (χ0n) is 14.8. The Balaban J connectivity index is 2.44. The van der Waals surface area contributed by atoms with Crippen LogP contribution in [0.3, 0.4) is 0 Å². The standard InChI is InChI=1S/C17H17F2N5O3/c1-4-12-14(17(20)22-26)15(13-7(2)23-27-8(13)3)24(21-12)9-5-10(18)16(25)11(19)6-9/h5-6,25-26H,4H2,1-3H3,(H2,20,22). The van der Waals surface area contributed by atoms with Crippen molar-refractivity contribution in [3.8, 4) is 22.7 Å². The molecule has 0 saturated heterocycles. The van der Waals surface area contributed by atoms with Gasteiger partial charge in [-0.25, -0.2) is 13.5 Å². The van der Waals surface area contributed by atoms with Gasteiger partial charge in [0.1, 0.15) is 5.76 Å². The molecule has 1 aromatic carbocycles.